The van der Waals surface area contributed by atoms with Gasteiger partial charge in [0.05, 0.1) is 0 Å². The molecule has 0 saturated carbocycles. The summed E-state index contributed by atoms with van der Waals surface area (Å²) in [5, 5.41) is 0. The lowest BCUT2D eigenvalue weighted by Crippen LogP contribution is -2.15. The van der Waals surface area contributed by atoms with Gasteiger partial charge in [-0.05, 0) is 12.3 Å². The lowest BCUT2D eigenvalue weighted by atomic mass is 10.1. The van der Waals surface area contributed by atoms with E-state index in [0.29, 0.717) is 12.5 Å². The zero-order valence-electron chi connectivity index (χ0n) is 11.0. The van der Waals surface area contributed by atoms with Gasteiger partial charge in [-0.25, -0.2) is 0 Å². The van der Waals surface area contributed by atoms with E-state index in [1.807, 2.05) is 13.8 Å². The van der Waals surface area contributed by atoms with Gasteiger partial charge in [-0.1, -0.05) is 27.7 Å². The van der Waals surface area contributed by atoms with Gasteiger partial charge >= 0.3 is 0 Å². The predicted octanol–water partition coefficient (Wildman–Crippen LogP) is 3.06. The lowest BCUT2D eigenvalue weighted by Gasteiger charge is -2.04. The Kier molecular flexibility index (Phi) is 8.94. The molecule has 16 heavy (non-hydrogen) atoms. The molecule has 0 heterocycles. The first-order valence-corrected chi connectivity index (χ1v) is 6.10. The van der Waals surface area contributed by atoms with Crippen molar-refractivity contribution in [3.63, 3.8) is 0 Å². The Balaban J connectivity index is 3.33. The van der Waals surface area contributed by atoms with Crippen molar-refractivity contribution in [2.45, 2.75) is 47.0 Å². The molecular formula is C14H24O2. The number of carbonyl (C=O) groups is 1. The summed E-state index contributed by atoms with van der Waals surface area (Å²) in [4.78, 5) is 11.2. The molecule has 2 heteroatoms. The van der Waals surface area contributed by atoms with Crippen LogP contribution < -0.4 is 0 Å². The molecule has 2 nitrogen and oxygen atoms in total. The Labute approximate surface area is 99.8 Å². The lowest BCUT2D eigenvalue weighted by molar-refractivity contribution is -0.126. The average Bonchev–Trinajstić information content (AvgIpc) is 2.21. The molecule has 0 aromatic rings. The van der Waals surface area contributed by atoms with Crippen LogP contribution in [0, 0.1) is 23.7 Å². The molecule has 0 fully saturated rings. The fraction of sp³-hybridized carbons (Fsp3) is 0.786. The summed E-state index contributed by atoms with van der Waals surface area (Å²) >= 11 is 0. The van der Waals surface area contributed by atoms with E-state index in [1.54, 1.807) is 0 Å². The summed E-state index contributed by atoms with van der Waals surface area (Å²) in [6.45, 7) is 8.99. The van der Waals surface area contributed by atoms with E-state index in [9.17, 15) is 4.79 Å². The van der Waals surface area contributed by atoms with E-state index in [1.165, 1.54) is 0 Å². The number of unbranched alkanes of at least 4 members (excludes halogenated alkanes) is 1. The molecule has 0 aliphatic carbocycles. The fourth-order valence-electron chi connectivity index (χ4n) is 0.967. The number of ketones is 1. The van der Waals surface area contributed by atoms with Crippen LogP contribution >= 0.6 is 0 Å². The summed E-state index contributed by atoms with van der Waals surface area (Å²) in [5.74, 6) is 7.14. The molecule has 0 atom stereocenters. The molecule has 0 bridgehead atoms. The van der Waals surface area contributed by atoms with Gasteiger partial charge in [-0.15, -0.1) is 11.8 Å². The predicted molar refractivity (Wildman–Crippen MR) is 67.1 cm³/mol. The molecule has 0 rings (SSSR count). The minimum Gasteiger partial charge on any atom is -0.374 e. The number of carbonyl (C=O) groups excluding carboxylic acids is 1. The standard InChI is InChI=1S/C14H24O2/c1-12(2)9-7-5-6-8-10-16-11-14(15)13(3)4/h12-13H,6,8-11H2,1-4H3. The minimum absolute atomic E-state index is 0.0748. The number of hydrogen-bond donors (Lipinski definition) is 0. The van der Waals surface area contributed by atoms with Crippen LogP contribution in [0.5, 0.6) is 0 Å². The highest BCUT2D eigenvalue weighted by atomic mass is 16.5. The molecule has 0 amide bonds. The van der Waals surface area contributed by atoms with Crippen LogP contribution in [0.4, 0.5) is 0 Å². The van der Waals surface area contributed by atoms with Crippen molar-refractivity contribution in [3.8, 4) is 11.8 Å². The zero-order valence-corrected chi connectivity index (χ0v) is 11.0. The van der Waals surface area contributed by atoms with Crippen molar-refractivity contribution in [2.75, 3.05) is 13.2 Å². The minimum atomic E-state index is 0.0748. The molecule has 0 spiro atoms. The smallest absolute Gasteiger partial charge is 0.160 e. The Hall–Kier alpha value is -0.810. The fourth-order valence-corrected chi connectivity index (χ4v) is 0.967. The van der Waals surface area contributed by atoms with Gasteiger partial charge in [-0.2, -0.15) is 0 Å². The van der Waals surface area contributed by atoms with Crippen LogP contribution in [0.15, 0.2) is 0 Å². The van der Waals surface area contributed by atoms with Crippen LogP contribution in [-0.2, 0) is 9.53 Å². The van der Waals surface area contributed by atoms with Gasteiger partial charge in [0.2, 0.25) is 0 Å². The van der Waals surface area contributed by atoms with Crippen molar-refractivity contribution in [1.82, 2.24) is 0 Å². The highest BCUT2D eigenvalue weighted by Crippen LogP contribution is 1.98. The van der Waals surface area contributed by atoms with Gasteiger partial charge in [0.25, 0.3) is 0 Å². The normalized spacial score (nSPS) is 10.4. The summed E-state index contributed by atoms with van der Waals surface area (Å²) in [5.41, 5.74) is 0. The molecule has 0 unspecified atom stereocenters. The third-order valence-corrected chi connectivity index (χ3v) is 2.11. The van der Waals surface area contributed by atoms with Crippen molar-refractivity contribution < 1.29 is 9.53 Å². The maximum atomic E-state index is 11.2. The van der Waals surface area contributed by atoms with Crippen LogP contribution in [0.25, 0.3) is 0 Å². The van der Waals surface area contributed by atoms with Gasteiger partial charge in [0.1, 0.15) is 6.61 Å². The van der Waals surface area contributed by atoms with E-state index in [2.05, 4.69) is 25.7 Å². The van der Waals surface area contributed by atoms with Gasteiger partial charge in [-0.3, -0.25) is 4.79 Å². The Morgan fingerprint density at radius 2 is 1.88 bits per heavy atom. The first-order chi connectivity index (χ1) is 7.54. The third kappa shape index (κ3) is 9.73. The molecule has 0 N–H and O–H groups in total. The van der Waals surface area contributed by atoms with E-state index in [-0.39, 0.29) is 18.3 Å². The van der Waals surface area contributed by atoms with E-state index in [4.69, 9.17) is 4.74 Å². The second-order valence-corrected chi connectivity index (χ2v) is 4.73. The molecule has 0 saturated heterocycles. The number of rotatable bonds is 7. The topological polar surface area (TPSA) is 26.3 Å². The van der Waals surface area contributed by atoms with Crippen LogP contribution in [0.3, 0.4) is 0 Å². The summed E-state index contributed by atoms with van der Waals surface area (Å²) in [6.07, 6.45) is 2.74. The van der Waals surface area contributed by atoms with Crippen molar-refractivity contribution in [1.29, 1.82) is 0 Å². The molecular weight excluding hydrogens is 200 g/mol. The van der Waals surface area contributed by atoms with Crippen LogP contribution in [0.1, 0.15) is 47.0 Å². The monoisotopic (exact) mass is 224 g/mol. The first-order valence-electron chi connectivity index (χ1n) is 6.10. The second-order valence-electron chi connectivity index (χ2n) is 4.73. The molecule has 0 radical (unpaired) electrons. The largest absolute Gasteiger partial charge is 0.374 e. The van der Waals surface area contributed by atoms with E-state index < -0.39 is 0 Å². The zero-order chi connectivity index (χ0) is 12.4. The number of ether oxygens (including phenoxy) is 1. The van der Waals surface area contributed by atoms with Gasteiger partial charge in [0, 0.05) is 25.4 Å². The van der Waals surface area contributed by atoms with Crippen molar-refractivity contribution in [3.05, 3.63) is 0 Å². The highest BCUT2D eigenvalue weighted by molar-refractivity contribution is 5.81. The summed E-state index contributed by atoms with van der Waals surface area (Å²) in [7, 11) is 0. The highest BCUT2D eigenvalue weighted by Gasteiger charge is 2.05. The molecule has 0 aliphatic heterocycles. The maximum absolute atomic E-state index is 11.2. The Morgan fingerprint density at radius 1 is 1.19 bits per heavy atom. The van der Waals surface area contributed by atoms with Gasteiger partial charge < -0.3 is 4.74 Å². The number of hydrogen-bond acceptors (Lipinski definition) is 2. The molecule has 0 aliphatic rings. The Morgan fingerprint density at radius 3 is 2.44 bits per heavy atom. The maximum Gasteiger partial charge on any atom is 0.160 e. The molecule has 0 aromatic carbocycles. The first kappa shape index (κ1) is 15.2. The quantitative estimate of drug-likeness (QED) is 0.491. The van der Waals surface area contributed by atoms with Crippen molar-refractivity contribution >= 4 is 5.78 Å². The van der Waals surface area contributed by atoms with Crippen LogP contribution in [-0.4, -0.2) is 19.0 Å². The van der Waals surface area contributed by atoms with E-state index in [0.717, 1.165) is 19.3 Å². The van der Waals surface area contributed by atoms with Crippen molar-refractivity contribution in [2.24, 2.45) is 11.8 Å². The molecule has 92 valence electrons. The summed E-state index contributed by atoms with van der Waals surface area (Å²) in [6, 6.07) is 0. The second kappa shape index (κ2) is 9.42. The van der Waals surface area contributed by atoms with Crippen LogP contribution in [0.2, 0.25) is 0 Å². The Bertz CT molecular complexity index is 243. The van der Waals surface area contributed by atoms with Gasteiger partial charge in [0.15, 0.2) is 5.78 Å². The third-order valence-electron chi connectivity index (χ3n) is 2.11. The summed E-state index contributed by atoms with van der Waals surface area (Å²) < 4.78 is 5.27. The molecule has 0 aromatic heterocycles. The van der Waals surface area contributed by atoms with E-state index >= 15 is 0 Å². The SMILES string of the molecule is CC(C)CC#CCCCOCC(=O)C(C)C. The average molecular weight is 224 g/mol. The number of Topliss-reactive ketones (excluding diaryl/α,β-unsaturated/α-hetero) is 1.